The smallest absolute Gasteiger partial charge is 0.133 e. The number of nitrogens with zero attached hydrogens (tertiary/aromatic N) is 5. The third-order valence-electron chi connectivity index (χ3n) is 11.9. The second kappa shape index (κ2) is 20.8. The molecule has 0 spiro atoms. The minimum absolute atomic E-state index is 0.0297. The molecule has 12 heteroatoms. The zero-order valence-electron chi connectivity index (χ0n) is 35.5. The molecule has 3 heterocycles. The number of nitrogens with one attached hydrogen (secondary N) is 2. The van der Waals surface area contributed by atoms with Crippen LogP contribution in [0.4, 0.5) is 0 Å². The number of hydrogen-bond acceptors (Lipinski definition) is 9. The molecule has 4 aromatic carbocycles. The summed E-state index contributed by atoms with van der Waals surface area (Å²) in [5, 5.41) is 19.7. The molecule has 2 fully saturated rings. The molecule has 5 aromatic rings. The fourth-order valence-electron chi connectivity index (χ4n) is 8.54. The van der Waals surface area contributed by atoms with Crippen LogP contribution in [0.1, 0.15) is 42.3 Å². The first-order valence-corrected chi connectivity index (χ1v) is 22.0. The first kappa shape index (κ1) is 44.3. The summed E-state index contributed by atoms with van der Waals surface area (Å²) in [6.07, 6.45) is 5.70. The van der Waals surface area contributed by atoms with Gasteiger partial charge in [0.25, 0.3) is 0 Å². The molecule has 60 heavy (non-hydrogen) atoms. The Bertz CT molecular complexity index is 2100. The fraction of sp³-hybridized carbons (Fsp3) is 0.438. The van der Waals surface area contributed by atoms with E-state index in [1.165, 1.54) is 11.1 Å². The predicted molar refractivity (Wildman–Crippen MR) is 243 cm³/mol. The van der Waals surface area contributed by atoms with Crippen molar-refractivity contribution in [3.05, 3.63) is 136 Å². The number of halogens is 2. The maximum atomic E-state index is 10.6. The zero-order chi connectivity index (χ0) is 42.1. The molecule has 1 aromatic heterocycles. The summed E-state index contributed by atoms with van der Waals surface area (Å²) < 4.78 is 15.8. The highest BCUT2D eigenvalue weighted by Gasteiger charge is 2.37. The zero-order valence-corrected chi connectivity index (χ0v) is 37.0. The molecule has 5 atom stereocenters. The summed E-state index contributed by atoms with van der Waals surface area (Å²) in [4.78, 5) is 11.7. The first-order chi connectivity index (χ1) is 29.0. The van der Waals surface area contributed by atoms with Crippen LogP contribution in [0.5, 0.6) is 11.5 Å². The van der Waals surface area contributed by atoms with Gasteiger partial charge in [0, 0.05) is 78.6 Å². The van der Waals surface area contributed by atoms with E-state index in [9.17, 15) is 5.11 Å². The van der Waals surface area contributed by atoms with Crippen molar-refractivity contribution in [1.29, 1.82) is 0 Å². The van der Waals surface area contributed by atoms with Crippen LogP contribution in [-0.2, 0) is 37.7 Å². The van der Waals surface area contributed by atoms with Gasteiger partial charge in [0.2, 0.25) is 0 Å². The minimum atomic E-state index is -0.153. The fourth-order valence-corrected chi connectivity index (χ4v) is 8.83. The van der Waals surface area contributed by atoms with Gasteiger partial charge in [0.15, 0.2) is 0 Å². The Kier molecular flexibility index (Phi) is 15.4. The van der Waals surface area contributed by atoms with E-state index >= 15 is 0 Å². The van der Waals surface area contributed by atoms with E-state index in [-0.39, 0.29) is 30.3 Å². The molecule has 0 amide bonds. The molecule has 0 aliphatic carbocycles. The van der Waals surface area contributed by atoms with Crippen molar-refractivity contribution < 1.29 is 14.6 Å². The van der Waals surface area contributed by atoms with Gasteiger partial charge in [0.05, 0.1) is 37.9 Å². The number of aliphatic hydroxyl groups is 1. The number of rotatable bonds is 12. The van der Waals surface area contributed by atoms with Crippen molar-refractivity contribution in [3.63, 3.8) is 0 Å². The third kappa shape index (κ3) is 12.0. The van der Waals surface area contributed by atoms with Crippen molar-refractivity contribution in [2.24, 2.45) is 7.05 Å². The van der Waals surface area contributed by atoms with Crippen LogP contribution in [0, 0.1) is 0 Å². The number of fused-ring (bicyclic) bond motifs is 2. The average Bonchev–Trinajstić information content (AvgIpc) is 3.59. The molecule has 10 nitrogen and oxygen atoms in total. The van der Waals surface area contributed by atoms with E-state index in [1.54, 1.807) is 0 Å². The SMILES string of the molecule is CC1CNC(CO)CNC2(Cc3ccc(Cl)cc3)CCCN(CC(Cc3ccccc3)OCN1Cc1ccc(Cl)cc1Oc1ccc(-c3cnc(CN(C)C)n3C)cc1)C2. The maximum absolute atomic E-state index is 10.6. The van der Waals surface area contributed by atoms with E-state index in [0.717, 1.165) is 85.3 Å². The number of aromatic nitrogens is 2. The van der Waals surface area contributed by atoms with Gasteiger partial charge in [-0.05, 0) is 113 Å². The van der Waals surface area contributed by atoms with Gasteiger partial charge in [0.1, 0.15) is 17.3 Å². The molecule has 0 saturated carbocycles. The molecule has 2 aliphatic heterocycles. The van der Waals surface area contributed by atoms with E-state index in [2.05, 4.69) is 110 Å². The molecular weight excluding hydrogens is 793 g/mol. The molecular formula is C48H61Cl2N7O3. The Morgan fingerprint density at radius 1 is 0.950 bits per heavy atom. The van der Waals surface area contributed by atoms with E-state index < -0.39 is 0 Å². The second-order valence-electron chi connectivity index (χ2n) is 17.0. The summed E-state index contributed by atoms with van der Waals surface area (Å²) in [6.45, 7) is 8.02. The molecule has 7 rings (SSSR count). The van der Waals surface area contributed by atoms with Crippen LogP contribution < -0.4 is 15.4 Å². The number of imidazole rings is 1. The number of piperidine rings is 1. The Morgan fingerprint density at radius 2 is 1.72 bits per heavy atom. The van der Waals surface area contributed by atoms with Crippen LogP contribution >= 0.6 is 23.2 Å². The van der Waals surface area contributed by atoms with Crippen molar-refractivity contribution in [3.8, 4) is 22.8 Å². The average molecular weight is 855 g/mol. The first-order valence-electron chi connectivity index (χ1n) is 21.2. The van der Waals surface area contributed by atoms with Crippen LogP contribution in [0.2, 0.25) is 10.0 Å². The molecule has 2 bridgehead atoms. The summed E-state index contributed by atoms with van der Waals surface area (Å²) in [6, 6.07) is 32.9. The minimum Gasteiger partial charge on any atom is -0.457 e. The van der Waals surface area contributed by atoms with Crippen LogP contribution in [0.25, 0.3) is 11.3 Å². The third-order valence-corrected chi connectivity index (χ3v) is 12.4. The lowest BCUT2D eigenvalue weighted by atomic mass is 9.82. The van der Waals surface area contributed by atoms with E-state index in [0.29, 0.717) is 37.1 Å². The number of ether oxygens (including phenoxy) is 2. The molecule has 3 N–H and O–H groups in total. The molecule has 2 aliphatic rings. The van der Waals surface area contributed by atoms with Crippen molar-refractivity contribution in [1.82, 2.24) is 34.9 Å². The molecule has 320 valence electrons. The van der Waals surface area contributed by atoms with Gasteiger partial charge in [-0.1, -0.05) is 71.7 Å². The Labute approximate surface area is 366 Å². The molecule has 0 radical (unpaired) electrons. The van der Waals surface area contributed by atoms with E-state index in [1.807, 2.05) is 56.7 Å². The quantitative estimate of drug-likeness (QED) is 0.117. The summed E-state index contributed by atoms with van der Waals surface area (Å²) in [5.41, 5.74) is 5.48. The van der Waals surface area contributed by atoms with Crippen molar-refractivity contribution >= 4 is 23.2 Å². The van der Waals surface area contributed by atoms with Crippen LogP contribution in [0.3, 0.4) is 0 Å². The van der Waals surface area contributed by atoms with Crippen molar-refractivity contribution in [2.45, 2.75) is 69.4 Å². The Hall–Kier alpha value is -3.81. The number of aliphatic hydroxyl groups excluding tert-OH is 1. The summed E-state index contributed by atoms with van der Waals surface area (Å²) >= 11 is 12.9. The maximum Gasteiger partial charge on any atom is 0.133 e. The van der Waals surface area contributed by atoms with Gasteiger partial charge < -0.3 is 34.7 Å². The molecule has 5 unspecified atom stereocenters. The van der Waals surface area contributed by atoms with Gasteiger partial charge in [-0.3, -0.25) is 9.80 Å². The van der Waals surface area contributed by atoms with Gasteiger partial charge in [-0.2, -0.15) is 0 Å². The summed E-state index contributed by atoms with van der Waals surface area (Å²) in [7, 11) is 6.15. The van der Waals surface area contributed by atoms with Gasteiger partial charge in [-0.15, -0.1) is 0 Å². The largest absolute Gasteiger partial charge is 0.457 e. The van der Waals surface area contributed by atoms with Crippen molar-refractivity contribution in [2.75, 3.05) is 60.2 Å². The lowest BCUT2D eigenvalue weighted by Crippen LogP contribution is -2.62. The normalized spacial score (nSPS) is 23.3. The van der Waals surface area contributed by atoms with E-state index in [4.69, 9.17) is 32.7 Å². The summed E-state index contributed by atoms with van der Waals surface area (Å²) in [5.74, 6) is 2.43. The monoisotopic (exact) mass is 853 g/mol. The lowest BCUT2D eigenvalue weighted by Gasteiger charge is -2.46. The highest BCUT2D eigenvalue weighted by molar-refractivity contribution is 6.31. The predicted octanol–water partition coefficient (Wildman–Crippen LogP) is 7.65. The topological polar surface area (TPSA) is 90.3 Å². The van der Waals surface area contributed by atoms with Crippen LogP contribution in [0.15, 0.2) is 103 Å². The number of benzene rings is 4. The lowest BCUT2D eigenvalue weighted by molar-refractivity contribution is -0.0580. The Balaban J connectivity index is 1.12. The Morgan fingerprint density at radius 3 is 2.47 bits per heavy atom. The number of hydrogen-bond donors (Lipinski definition) is 3. The van der Waals surface area contributed by atoms with Gasteiger partial charge in [-0.25, -0.2) is 4.98 Å². The highest BCUT2D eigenvalue weighted by atomic mass is 35.5. The second-order valence-corrected chi connectivity index (χ2v) is 17.9. The standard InChI is InChI=1S/C48H61Cl2N7O3/c1-35-26-51-42(32-58)27-53-48(25-37-11-16-40(49)17-12-37)21-8-22-56(33-48)30-44(23-36-9-6-5-7-10-36)59-34-57(35)29-39-13-18-41(50)24-46(39)60-43-19-14-38(15-20-43)45-28-52-47(55(45)4)31-54(2)3/h5-7,9-20,24,28,35,42,44,51,53,58H,8,21-23,25-27,29-34H2,1-4H3. The molecule has 2 saturated heterocycles. The highest BCUT2D eigenvalue weighted by Crippen LogP contribution is 2.32. The van der Waals surface area contributed by atoms with Crippen LogP contribution in [-0.4, -0.2) is 113 Å². The van der Waals surface area contributed by atoms with Gasteiger partial charge >= 0.3 is 0 Å².